The Bertz CT molecular complexity index is 317. The van der Waals surface area contributed by atoms with Crippen LogP contribution in [0, 0.1) is 0 Å². The number of nitrogens with zero attached hydrogens (tertiary/aromatic N) is 1. The molecule has 0 atom stereocenters. The molecule has 0 unspecified atom stereocenters. The molecule has 1 N–H and O–H groups in total. The second kappa shape index (κ2) is 3.08. The van der Waals surface area contributed by atoms with Gasteiger partial charge in [0.25, 0.3) is 11.8 Å². The molecule has 5 heteroatoms. The molecule has 1 aromatic heterocycles. The van der Waals surface area contributed by atoms with Gasteiger partial charge >= 0.3 is 0 Å². The van der Waals surface area contributed by atoms with Crippen molar-refractivity contribution in [3.63, 3.8) is 0 Å². The number of aromatic nitrogens is 1. The highest BCUT2D eigenvalue weighted by Gasteiger charge is 2.25. The van der Waals surface area contributed by atoms with E-state index in [1.807, 2.05) is 0 Å². The van der Waals surface area contributed by atoms with E-state index in [1.165, 1.54) is 13.2 Å². The quantitative estimate of drug-likeness (QED) is 0.742. The third kappa shape index (κ3) is 1.80. The van der Waals surface area contributed by atoms with Crippen molar-refractivity contribution in [3.8, 4) is 5.88 Å². The lowest BCUT2D eigenvalue weighted by molar-refractivity contribution is 0.0914. The van der Waals surface area contributed by atoms with Gasteiger partial charge in [0.1, 0.15) is 0 Å². The molecular formula is C8H10N2O3. The SMILES string of the molecule is COc1cc(C(=O)NC2CC2)on1. The Balaban J connectivity index is 2.01. The van der Waals surface area contributed by atoms with Crippen LogP contribution in [0.15, 0.2) is 10.6 Å². The summed E-state index contributed by atoms with van der Waals surface area (Å²) in [6.45, 7) is 0. The van der Waals surface area contributed by atoms with Crippen molar-refractivity contribution in [1.29, 1.82) is 0 Å². The van der Waals surface area contributed by atoms with Crippen molar-refractivity contribution < 1.29 is 14.1 Å². The highest BCUT2D eigenvalue weighted by atomic mass is 16.5. The Morgan fingerprint density at radius 3 is 3.08 bits per heavy atom. The maximum absolute atomic E-state index is 11.3. The normalized spacial score (nSPS) is 15.5. The first-order chi connectivity index (χ1) is 6.29. The number of rotatable bonds is 3. The van der Waals surface area contributed by atoms with Gasteiger partial charge in [0.2, 0.25) is 5.76 Å². The smallest absolute Gasteiger partial charge is 0.290 e. The lowest BCUT2D eigenvalue weighted by Crippen LogP contribution is -2.24. The minimum absolute atomic E-state index is 0.198. The predicted octanol–water partition coefficient (Wildman–Crippen LogP) is 0.575. The summed E-state index contributed by atoms with van der Waals surface area (Å²) < 4.78 is 9.54. The Hall–Kier alpha value is -1.52. The van der Waals surface area contributed by atoms with Crippen molar-refractivity contribution in [2.75, 3.05) is 7.11 Å². The predicted molar refractivity (Wildman–Crippen MR) is 43.5 cm³/mol. The van der Waals surface area contributed by atoms with Crippen LogP contribution in [0.25, 0.3) is 0 Å². The van der Waals surface area contributed by atoms with Crippen molar-refractivity contribution in [1.82, 2.24) is 10.5 Å². The summed E-state index contributed by atoms with van der Waals surface area (Å²) in [7, 11) is 1.47. The summed E-state index contributed by atoms with van der Waals surface area (Å²) in [5, 5.41) is 6.30. The molecule has 0 aliphatic heterocycles. The Morgan fingerprint density at radius 1 is 1.77 bits per heavy atom. The minimum Gasteiger partial charge on any atom is -0.479 e. The molecule has 1 aromatic rings. The van der Waals surface area contributed by atoms with Crippen LogP contribution < -0.4 is 10.1 Å². The second-order valence-corrected chi connectivity index (χ2v) is 2.98. The fraction of sp³-hybridized carbons (Fsp3) is 0.500. The number of amides is 1. The van der Waals surface area contributed by atoms with Gasteiger partial charge in [-0.05, 0) is 18.0 Å². The van der Waals surface area contributed by atoms with Gasteiger partial charge in [0.15, 0.2) is 0 Å². The lowest BCUT2D eigenvalue weighted by atomic mass is 10.4. The summed E-state index contributed by atoms with van der Waals surface area (Å²) in [5.74, 6) is 0.294. The zero-order valence-corrected chi connectivity index (χ0v) is 7.24. The number of carbonyl (C=O) groups is 1. The highest BCUT2D eigenvalue weighted by Crippen LogP contribution is 2.20. The zero-order valence-electron chi connectivity index (χ0n) is 7.24. The zero-order chi connectivity index (χ0) is 9.26. The average Bonchev–Trinajstić information content (AvgIpc) is 2.82. The van der Waals surface area contributed by atoms with Crippen molar-refractivity contribution in [3.05, 3.63) is 11.8 Å². The van der Waals surface area contributed by atoms with E-state index in [0.29, 0.717) is 11.9 Å². The van der Waals surface area contributed by atoms with Gasteiger partial charge in [-0.3, -0.25) is 4.79 Å². The van der Waals surface area contributed by atoms with Crippen LogP contribution >= 0.6 is 0 Å². The van der Waals surface area contributed by atoms with E-state index in [2.05, 4.69) is 10.5 Å². The largest absolute Gasteiger partial charge is 0.479 e. The van der Waals surface area contributed by atoms with Crippen LogP contribution in [0.4, 0.5) is 0 Å². The van der Waals surface area contributed by atoms with Crippen molar-refractivity contribution in [2.45, 2.75) is 18.9 Å². The number of ether oxygens (including phenoxy) is 1. The molecule has 1 aliphatic rings. The maximum Gasteiger partial charge on any atom is 0.290 e. The molecule has 0 radical (unpaired) electrons. The van der Waals surface area contributed by atoms with Crippen LogP contribution in [0.1, 0.15) is 23.4 Å². The van der Waals surface area contributed by atoms with Gasteiger partial charge < -0.3 is 14.6 Å². The maximum atomic E-state index is 11.3. The second-order valence-electron chi connectivity index (χ2n) is 2.98. The van der Waals surface area contributed by atoms with Crippen LogP contribution in [0.2, 0.25) is 0 Å². The molecule has 1 saturated carbocycles. The van der Waals surface area contributed by atoms with E-state index < -0.39 is 0 Å². The number of hydrogen-bond donors (Lipinski definition) is 1. The Labute approximate surface area is 75.0 Å². The highest BCUT2D eigenvalue weighted by molar-refractivity contribution is 5.91. The van der Waals surface area contributed by atoms with Gasteiger partial charge in [-0.2, -0.15) is 0 Å². The molecule has 5 nitrogen and oxygen atoms in total. The van der Waals surface area contributed by atoms with Crippen LogP contribution in [0.3, 0.4) is 0 Å². The molecule has 0 aromatic carbocycles. The van der Waals surface area contributed by atoms with Crippen LogP contribution in [-0.4, -0.2) is 24.2 Å². The van der Waals surface area contributed by atoms with Crippen molar-refractivity contribution in [2.24, 2.45) is 0 Å². The topological polar surface area (TPSA) is 64.4 Å². The molecule has 1 amide bonds. The number of methoxy groups -OCH3 is 1. The summed E-state index contributed by atoms with van der Waals surface area (Å²) in [6.07, 6.45) is 2.11. The fourth-order valence-electron chi connectivity index (χ4n) is 0.946. The molecule has 1 aliphatic carbocycles. The summed E-state index contributed by atoms with van der Waals surface area (Å²) in [4.78, 5) is 11.3. The van der Waals surface area contributed by atoms with E-state index in [-0.39, 0.29) is 11.7 Å². The number of nitrogens with one attached hydrogen (secondary N) is 1. The van der Waals surface area contributed by atoms with Gasteiger partial charge in [0.05, 0.1) is 13.2 Å². The van der Waals surface area contributed by atoms with Gasteiger partial charge in [-0.25, -0.2) is 0 Å². The lowest BCUT2D eigenvalue weighted by Gasteiger charge is -1.96. The van der Waals surface area contributed by atoms with Gasteiger partial charge in [-0.1, -0.05) is 0 Å². The summed E-state index contributed by atoms with van der Waals surface area (Å²) in [5.41, 5.74) is 0. The van der Waals surface area contributed by atoms with E-state index in [4.69, 9.17) is 9.26 Å². The monoisotopic (exact) mass is 182 g/mol. The number of hydrogen-bond acceptors (Lipinski definition) is 4. The van der Waals surface area contributed by atoms with E-state index >= 15 is 0 Å². The van der Waals surface area contributed by atoms with Crippen LogP contribution in [-0.2, 0) is 0 Å². The van der Waals surface area contributed by atoms with Crippen molar-refractivity contribution >= 4 is 5.91 Å². The molecule has 1 heterocycles. The summed E-state index contributed by atoms with van der Waals surface area (Å²) in [6, 6.07) is 1.79. The van der Waals surface area contributed by atoms with Crippen LogP contribution in [0.5, 0.6) is 5.88 Å². The third-order valence-corrected chi connectivity index (χ3v) is 1.83. The standard InChI is InChI=1S/C8H10N2O3/c1-12-7-4-6(13-10-7)8(11)9-5-2-3-5/h4-5H,2-3H2,1H3,(H,9,11). The number of carbonyl (C=O) groups excluding carboxylic acids is 1. The minimum atomic E-state index is -0.224. The average molecular weight is 182 g/mol. The Kier molecular flexibility index (Phi) is 1.92. The summed E-state index contributed by atoms with van der Waals surface area (Å²) >= 11 is 0. The van der Waals surface area contributed by atoms with E-state index in [0.717, 1.165) is 12.8 Å². The molecule has 70 valence electrons. The van der Waals surface area contributed by atoms with E-state index in [9.17, 15) is 4.79 Å². The first-order valence-electron chi connectivity index (χ1n) is 4.11. The molecule has 0 bridgehead atoms. The Morgan fingerprint density at radius 2 is 2.54 bits per heavy atom. The molecule has 1 fully saturated rings. The van der Waals surface area contributed by atoms with E-state index in [1.54, 1.807) is 0 Å². The van der Waals surface area contributed by atoms with Gasteiger partial charge in [0, 0.05) is 6.04 Å². The first-order valence-corrected chi connectivity index (χ1v) is 4.11. The van der Waals surface area contributed by atoms with Gasteiger partial charge in [-0.15, -0.1) is 0 Å². The third-order valence-electron chi connectivity index (χ3n) is 1.83. The molecule has 13 heavy (non-hydrogen) atoms. The molecular weight excluding hydrogens is 172 g/mol. The first kappa shape index (κ1) is 8.10. The fourth-order valence-corrected chi connectivity index (χ4v) is 0.946. The molecule has 0 saturated heterocycles. The molecule has 0 spiro atoms. The molecule has 2 rings (SSSR count).